The van der Waals surface area contributed by atoms with Crippen molar-refractivity contribution in [3.63, 3.8) is 0 Å². The van der Waals surface area contributed by atoms with Gasteiger partial charge in [-0.2, -0.15) is 0 Å². The molecule has 90 valence electrons. The van der Waals surface area contributed by atoms with Crippen LogP contribution in [0, 0.1) is 5.92 Å². The number of carbonyl (C=O) groups is 1. The standard InChI is InChI=1S/C12H15N3O2/c16-12(9-1-2-9)15-6-3-10(8-15)17-11-7-13-4-5-14-11/h4-5,7,9-10H,1-3,6,8H2. The molecule has 0 aromatic carbocycles. The Balaban J connectivity index is 1.55. The first-order valence-corrected chi connectivity index (χ1v) is 6.04. The Bertz CT molecular complexity index is 405. The second-order valence-electron chi connectivity index (χ2n) is 4.63. The van der Waals surface area contributed by atoms with Crippen LogP contribution < -0.4 is 4.74 Å². The van der Waals surface area contributed by atoms with Crippen LogP contribution in [0.25, 0.3) is 0 Å². The molecule has 2 aliphatic rings. The SMILES string of the molecule is O=C(C1CC1)N1CCC(Oc2cnccn2)C1. The maximum absolute atomic E-state index is 11.8. The third-order valence-electron chi connectivity index (χ3n) is 3.21. The molecule has 2 heterocycles. The Hall–Kier alpha value is -1.65. The fraction of sp³-hybridized carbons (Fsp3) is 0.583. The first-order valence-electron chi connectivity index (χ1n) is 6.04. The van der Waals surface area contributed by atoms with Gasteiger partial charge in [-0.3, -0.25) is 9.78 Å². The van der Waals surface area contributed by atoms with E-state index in [2.05, 4.69) is 9.97 Å². The van der Waals surface area contributed by atoms with E-state index >= 15 is 0 Å². The molecule has 3 rings (SSSR count). The number of likely N-dealkylation sites (tertiary alicyclic amines) is 1. The summed E-state index contributed by atoms with van der Waals surface area (Å²) in [7, 11) is 0. The van der Waals surface area contributed by atoms with Crippen LogP contribution in [0.5, 0.6) is 5.88 Å². The molecule has 5 heteroatoms. The summed E-state index contributed by atoms with van der Waals surface area (Å²) in [6.45, 7) is 1.49. The molecule has 1 aliphatic carbocycles. The second-order valence-corrected chi connectivity index (χ2v) is 4.63. The maximum atomic E-state index is 11.8. The number of aromatic nitrogens is 2. The molecule has 1 aromatic rings. The van der Waals surface area contributed by atoms with Gasteiger partial charge < -0.3 is 9.64 Å². The molecule has 5 nitrogen and oxygen atoms in total. The molecule has 0 spiro atoms. The van der Waals surface area contributed by atoms with Gasteiger partial charge in [0.05, 0.1) is 12.7 Å². The lowest BCUT2D eigenvalue weighted by Crippen LogP contribution is -2.32. The highest BCUT2D eigenvalue weighted by molar-refractivity contribution is 5.81. The van der Waals surface area contributed by atoms with Crippen molar-refractivity contribution in [1.29, 1.82) is 0 Å². The molecule has 0 bridgehead atoms. The zero-order valence-electron chi connectivity index (χ0n) is 9.58. The number of nitrogens with zero attached hydrogens (tertiary/aromatic N) is 3. The highest BCUT2D eigenvalue weighted by Crippen LogP contribution is 2.32. The van der Waals surface area contributed by atoms with Crippen molar-refractivity contribution >= 4 is 5.91 Å². The van der Waals surface area contributed by atoms with E-state index < -0.39 is 0 Å². The van der Waals surface area contributed by atoms with Crippen LogP contribution in [-0.2, 0) is 4.79 Å². The summed E-state index contributed by atoms with van der Waals surface area (Å²) in [5, 5.41) is 0. The molecule has 17 heavy (non-hydrogen) atoms. The van der Waals surface area contributed by atoms with Crippen LogP contribution in [0.15, 0.2) is 18.6 Å². The van der Waals surface area contributed by atoms with Gasteiger partial charge in [-0.15, -0.1) is 0 Å². The van der Waals surface area contributed by atoms with Crippen molar-refractivity contribution in [2.75, 3.05) is 13.1 Å². The average Bonchev–Trinajstić information content (AvgIpc) is 3.11. The van der Waals surface area contributed by atoms with E-state index in [-0.39, 0.29) is 6.10 Å². The van der Waals surface area contributed by atoms with Gasteiger partial charge in [0.1, 0.15) is 6.10 Å². The first-order chi connectivity index (χ1) is 8.33. The minimum Gasteiger partial charge on any atom is -0.471 e. The van der Waals surface area contributed by atoms with Gasteiger partial charge in [0.25, 0.3) is 0 Å². The molecule has 0 N–H and O–H groups in total. The van der Waals surface area contributed by atoms with Crippen LogP contribution in [0.2, 0.25) is 0 Å². The summed E-state index contributed by atoms with van der Waals surface area (Å²) in [5.41, 5.74) is 0. The molecule has 1 saturated heterocycles. The Labute approximate surface area is 99.8 Å². The first kappa shape index (κ1) is 10.5. The summed E-state index contributed by atoms with van der Waals surface area (Å²) in [4.78, 5) is 21.8. The van der Waals surface area contributed by atoms with Gasteiger partial charge in [-0.05, 0) is 12.8 Å². The van der Waals surface area contributed by atoms with Gasteiger partial charge in [0, 0.05) is 31.3 Å². The highest BCUT2D eigenvalue weighted by atomic mass is 16.5. The summed E-state index contributed by atoms with van der Waals surface area (Å²) in [5.74, 6) is 1.14. The quantitative estimate of drug-likeness (QED) is 0.777. The van der Waals surface area contributed by atoms with E-state index in [4.69, 9.17) is 4.74 Å². The predicted molar refractivity (Wildman–Crippen MR) is 60.4 cm³/mol. The topological polar surface area (TPSA) is 55.3 Å². The Morgan fingerprint density at radius 1 is 1.35 bits per heavy atom. The van der Waals surface area contributed by atoms with Crippen LogP contribution in [-0.4, -0.2) is 40.0 Å². The van der Waals surface area contributed by atoms with Crippen molar-refractivity contribution in [2.24, 2.45) is 5.92 Å². The van der Waals surface area contributed by atoms with E-state index in [1.54, 1.807) is 18.6 Å². The van der Waals surface area contributed by atoms with Gasteiger partial charge in [-0.1, -0.05) is 0 Å². The molecule has 0 radical (unpaired) electrons. The number of hydrogen-bond donors (Lipinski definition) is 0. The molecule has 1 saturated carbocycles. The Kier molecular flexibility index (Phi) is 2.66. The predicted octanol–water partition coefficient (Wildman–Crippen LogP) is 0.866. The molecule has 1 atom stereocenters. The lowest BCUT2D eigenvalue weighted by Gasteiger charge is -2.16. The fourth-order valence-corrected chi connectivity index (χ4v) is 2.13. The van der Waals surface area contributed by atoms with Crippen LogP contribution >= 0.6 is 0 Å². The van der Waals surface area contributed by atoms with E-state index in [9.17, 15) is 4.79 Å². The third-order valence-corrected chi connectivity index (χ3v) is 3.21. The van der Waals surface area contributed by atoms with Crippen molar-refractivity contribution < 1.29 is 9.53 Å². The molecular weight excluding hydrogens is 218 g/mol. The van der Waals surface area contributed by atoms with E-state index in [1.807, 2.05) is 4.90 Å². The zero-order chi connectivity index (χ0) is 11.7. The molecule has 1 aliphatic heterocycles. The minimum atomic E-state index is 0.0643. The van der Waals surface area contributed by atoms with Crippen molar-refractivity contribution in [1.82, 2.24) is 14.9 Å². The smallest absolute Gasteiger partial charge is 0.232 e. The van der Waals surface area contributed by atoms with Crippen LogP contribution in [0.4, 0.5) is 0 Å². The van der Waals surface area contributed by atoms with Gasteiger partial charge in [0.15, 0.2) is 0 Å². The number of amides is 1. The second kappa shape index (κ2) is 4.31. The van der Waals surface area contributed by atoms with Crippen LogP contribution in [0.3, 0.4) is 0 Å². The average molecular weight is 233 g/mol. The van der Waals surface area contributed by atoms with Crippen molar-refractivity contribution in [2.45, 2.75) is 25.4 Å². The summed E-state index contributed by atoms with van der Waals surface area (Å²) in [6, 6.07) is 0. The molecule has 1 unspecified atom stereocenters. The van der Waals surface area contributed by atoms with Crippen LogP contribution in [0.1, 0.15) is 19.3 Å². The Morgan fingerprint density at radius 2 is 2.24 bits per heavy atom. The monoisotopic (exact) mass is 233 g/mol. The third kappa shape index (κ3) is 2.38. The lowest BCUT2D eigenvalue weighted by atomic mass is 10.3. The summed E-state index contributed by atoms with van der Waals surface area (Å²) >= 11 is 0. The minimum absolute atomic E-state index is 0.0643. The number of ether oxygens (including phenoxy) is 1. The van der Waals surface area contributed by atoms with E-state index in [0.717, 1.165) is 25.8 Å². The summed E-state index contributed by atoms with van der Waals surface area (Å²) in [6.07, 6.45) is 7.90. The maximum Gasteiger partial charge on any atom is 0.232 e. The molecule has 2 fully saturated rings. The van der Waals surface area contributed by atoms with Gasteiger partial charge in [0.2, 0.25) is 11.8 Å². The van der Waals surface area contributed by atoms with Gasteiger partial charge >= 0.3 is 0 Å². The molecular formula is C12H15N3O2. The van der Waals surface area contributed by atoms with Crippen molar-refractivity contribution in [3.8, 4) is 5.88 Å². The fourth-order valence-electron chi connectivity index (χ4n) is 2.13. The zero-order valence-corrected chi connectivity index (χ0v) is 9.58. The molecule has 1 aromatic heterocycles. The number of hydrogen-bond acceptors (Lipinski definition) is 4. The normalized spacial score (nSPS) is 23.8. The lowest BCUT2D eigenvalue weighted by molar-refractivity contribution is -0.131. The van der Waals surface area contributed by atoms with Gasteiger partial charge in [-0.25, -0.2) is 4.98 Å². The van der Waals surface area contributed by atoms with E-state index in [0.29, 0.717) is 24.2 Å². The summed E-state index contributed by atoms with van der Waals surface area (Å²) < 4.78 is 5.69. The molecule has 1 amide bonds. The van der Waals surface area contributed by atoms with E-state index in [1.165, 1.54) is 0 Å². The highest BCUT2D eigenvalue weighted by Gasteiger charge is 2.37. The Morgan fingerprint density at radius 3 is 2.94 bits per heavy atom. The number of carbonyl (C=O) groups excluding carboxylic acids is 1. The largest absolute Gasteiger partial charge is 0.471 e. The number of rotatable bonds is 3. The van der Waals surface area contributed by atoms with Crippen molar-refractivity contribution in [3.05, 3.63) is 18.6 Å².